The van der Waals surface area contributed by atoms with Crippen LogP contribution in [0.15, 0.2) is 11.1 Å². The van der Waals surface area contributed by atoms with Crippen LogP contribution >= 0.6 is 0 Å². The average molecular weight is 502 g/mol. The molecule has 1 amide bonds. The van der Waals surface area contributed by atoms with Crippen molar-refractivity contribution in [2.45, 2.75) is 132 Å². The number of hydrogen-bond donors (Lipinski definition) is 4. The highest BCUT2D eigenvalue weighted by Gasteiger charge is 2.39. The molecule has 206 valence electrons. The molecular formula is C27H51NO7. The summed E-state index contributed by atoms with van der Waals surface area (Å²) in [5, 5.41) is 34.6. The lowest BCUT2D eigenvalue weighted by atomic mass is 9.72. The SMILES string of the molecule is CC[C@H](O)C(C)(C)[C@@H](O)[C@@H](C)/C(C)=C(\C)C(C)OC(=O)C(O)[C@H](CC(C)C)NC(=O)OC(C)(C)C. The third-order valence-corrected chi connectivity index (χ3v) is 6.74. The van der Waals surface area contributed by atoms with Crippen molar-refractivity contribution in [2.24, 2.45) is 17.3 Å². The van der Waals surface area contributed by atoms with Gasteiger partial charge in [-0.2, -0.15) is 0 Å². The zero-order chi connectivity index (χ0) is 27.9. The summed E-state index contributed by atoms with van der Waals surface area (Å²) in [6.07, 6.45) is -3.53. The Balaban J connectivity index is 5.52. The van der Waals surface area contributed by atoms with Crippen LogP contribution in [-0.2, 0) is 14.3 Å². The molecule has 0 bridgehead atoms. The van der Waals surface area contributed by atoms with Crippen molar-refractivity contribution < 1.29 is 34.4 Å². The van der Waals surface area contributed by atoms with E-state index < -0.39 is 53.5 Å². The van der Waals surface area contributed by atoms with Crippen molar-refractivity contribution in [3.8, 4) is 0 Å². The van der Waals surface area contributed by atoms with Crippen LogP contribution < -0.4 is 5.32 Å². The number of aliphatic hydroxyl groups excluding tert-OH is 3. The normalized spacial score (nSPS) is 18.6. The molecule has 6 atom stereocenters. The molecule has 8 nitrogen and oxygen atoms in total. The number of amides is 1. The summed E-state index contributed by atoms with van der Waals surface area (Å²) in [6, 6.07) is -0.869. The van der Waals surface area contributed by atoms with Crippen molar-refractivity contribution in [1.82, 2.24) is 5.32 Å². The van der Waals surface area contributed by atoms with Gasteiger partial charge in [0.2, 0.25) is 0 Å². The lowest BCUT2D eigenvalue weighted by Crippen LogP contribution is -2.50. The van der Waals surface area contributed by atoms with Crippen LogP contribution in [0.2, 0.25) is 0 Å². The van der Waals surface area contributed by atoms with Crippen LogP contribution in [0.3, 0.4) is 0 Å². The van der Waals surface area contributed by atoms with Crippen molar-refractivity contribution >= 4 is 12.1 Å². The van der Waals surface area contributed by atoms with E-state index in [-0.39, 0.29) is 11.8 Å². The molecule has 0 aromatic heterocycles. The van der Waals surface area contributed by atoms with Crippen LogP contribution in [0.4, 0.5) is 4.79 Å². The Morgan fingerprint density at radius 3 is 1.86 bits per heavy atom. The summed E-state index contributed by atoms with van der Waals surface area (Å²) in [7, 11) is 0. The van der Waals surface area contributed by atoms with Gasteiger partial charge in [-0.15, -0.1) is 0 Å². The molecule has 0 heterocycles. The molecule has 0 aliphatic rings. The number of alkyl carbamates (subject to hydrolysis) is 1. The minimum Gasteiger partial charge on any atom is -0.456 e. The minimum absolute atomic E-state index is 0.0999. The highest BCUT2D eigenvalue weighted by atomic mass is 16.6. The van der Waals surface area contributed by atoms with Gasteiger partial charge in [0.25, 0.3) is 0 Å². The maximum atomic E-state index is 12.8. The monoisotopic (exact) mass is 501 g/mol. The molecule has 2 unspecified atom stereocenters. The maximum Gasteiger partial charge on any atom is 0.407 e. The van der Waals surface area contributed by atoms with Gasteiger partial charge in [-0.3, -0.25) is 0 Å². The first kappa shape index (κ1) is 33.4. The Morgan fingerprint density at radius 1 is 0.914 bits per heavy atom. The molecule has 0 saturated heterocycles. The second-order valence-electron chi connectivity index (χ2n) is 11.8. The fourth-order valence-electron chi connectivity index (χ4n) is 4.01. The predicted octanol–water partition coefficient (Wildman–Crippen LogP) is 4.35. The van der Waals surface area contributed by atoms with E-state index in [0.29, 0.717) is 12.8 Å². The number of aliphatic hydroxyl groups is 3. The Labute approximate surface area is 212 Å². The molecule has 0 fully saturated rings. The number of esters is 1. The molecule has 0 rings (SSSR count). The summed E-state index contributed by atoms with van der Waals surface area (Å²) in [5.41, 5.74) is 0.159. The van der Waals surface area contributed by atoms with E-state index >= 15 is 0 Å². The lowest BCUT2D eigenvalue weighted by molar-refractivity contribution is -0.158. The van der Waals surface area contributed by atoms with Gasteiger partial charge in [-0.25, -0.2) is 9.59 Å². The van der Waals surface area contributed by atoms with E-state index in [1.54, 1.807) is 27.7 Å². The molecule has 0 spiro atoms. The van der Waals surface area contributed by atoms with Crippen LogP contribution in [0.1, 0.15) is 95.9 Å². The fourth-order valence-corrected chi connectivity index (χ4v) is 4.01. The van der Waals surface area contributed by atoms with Crippen molar-refractivity contribution in [3.63, 3.8) is 0 Å². The van der Waals surface area contributed by atoms with Gasteiger partial charge in [0.05, 0.1) is 18.2 Å². The lowest BCUT2D eigenvalue weighted by Gasteiger charge is -2.39. The van der Waals surface area contributed by atoms with Crippen molar-refractivity contribution in [1.29, 1.82) is 0 Å². The number of nitrogens with one attached hydrogen (secondary N) is 1. The average Bonchev–Trinajstić information content (AvgIpc) is 2.73. The van der Waals surface area contributed by atoms with E-state index in [1.807, 2.05) is 55.4 Å². The Kier molecular flexibility index (Phi) is 13.0. The second kappa shape index (κ2) is 13.6. The van der Waals surface area contributed by atoms with Gasteiger partial charge in [0, 0.05) is 11.3 Å². The summed E-state index contributed by atoms with van der Waals surface area (Å²) in [4.78, 5) is 25.0. The topological polar surface area (TPSA) is 125 Å². The number of hydrogen-bond acceptors (Lipinski definition) is 7. The van der Waals surface area contributed by atoms with Gasteiger partial charge >= 0.3 is 12.1 Å². The molecule has 4 N–H and O–H groups in total. The van der Waals surface area contributed by atoms with Gasteiger partial charge in [0.1, 0.15) is 11.7 Å². The van der Waals surface area contributed by atoms with E-state index in [0.717, 1.165) is 11.1 Å². The van der Waals surface area contributed by atoms with Crippen LogP contribution in [0, 0.1) is 17.3 Å². The van der Waals surface area contributed by atoms with E-state index in [2.05, 4.69) is 5.32 Å². The van der Waals surface area contributed by atoms with Gasteiger partial charge in [-0.1, -0.05) is 47.1 Å². The van der Waals surface area contributed by atoms with Crippen molar-refractivity contribution in [2.75, 3.05) is 0 Å². The third-order valence-electron chi connectivity index (χ3n) is 6.74. The first-order valence-corrected chi connectivity index (χ1v) is 12.7. The molecule has 0 saturated carbocycles. The summed E-state index contributed by atoms with van der Waals surface area (Å²) < 4.78 is 10.8. The Bertz CT molecular complexity index is 724. The molecular weight excluding hydrogens is 450 g/mol. The number of rotatable bonds is 12. The Morgan fingerprint density at radius 2 is 1.43 bits per heavy atom. The quantitative estimate of drug-likeness (QED) is 0.231. The highest BCUT2D eigenvalue weighted by molar-refractivity contribution is 5.77. The zero-order valence-electron chi connectivity index (χ0n) is 23.9. The molecule has 0 aromatic carbocycles. The number of ether oxygens (including phenoxy) is 2. The number of carbonyl (C=O) groups is 2. The predicted molar refractivity (Wildman–Crippen MR) is 138 cm³/mol. The Hall–Kier alpha value is -1.64. The van der Waals surface area contributed by atoms with Crippen LogP contribution in [0.5, 0.6) is 0 Å². The largest absolute Gasteiger partial charge is 0.456 e. The maximum absolute atomic E-state index is 12.8. The summed E-state index contributed by atoms with van der Waals surface area (Å²) >= 11 is 0. The zero-order valence-corrected chi connectivity index (χ0v) is 23.9. The standard InChI is InChI=1S/C27H51NO7/c1-13-21(29)27(11,12)23(31)18(6)16(4)17(5)19(7)34-24(32)22(30)20(14-15(2)3)28-25(33)35-26(8,9)10/h15,18-23,29-31H,13-14H2,1-12H3,(H,28,33)/b17-16+/t18-,19?,20-,21-,22?,23-/m0/s1. The molecule has 0 aliphatic heterocycles. The first-order chi connectivity index (χ1) is 15.8. The minimum atomic E-state index is -1.57. The molecule has 35 heavy (non-hydrogen) atoms. The third kappa shape index (κ3) is 10.5. The van der Waals surface area contributed by atoms with E-state index in [1.165, 1.54) is 0 Å². The van der Waals surface area contributed by atoms with Gasteiger partial charge < -0.3 is 30.1 Å². The van der Waals surface area contributed by atoms with Crippen LogP contribution in [-0.4, -0.2) is 63.4 Å². The van der Waals surface area contributed by atoms with Gasteiger partial charge in [0.15, 0.2) is 6.10 Å². The summed E-state index contributed by atoms with van der Waals surface area (Å²) in [6.45, 7) is 21.8. The van der Waals surface area contributed by atoms with Crippen LogP contribution in [0.25, 0.3) is 0 Å². The smallest absolute Gasteiger partial charge is 0.407 e. The van der Waals surface area contributed by atoms with E-state index in [4.69, 9.17) is 9.47 Å². The summed E-state index contributed by atoms with van der Waals surface area (Å²) in [5.74, 6) is -1.04. The molecule has 8 heteroatoms. The van der Waals surface area contributed by atoms with Gasteiger partial charge in [-0.05, 0) is 65.9 Å². The first-order valence-electron chi connectivity index (χ1n) is 12.7. The van der Waals surface area contributed by atoms with Crippen molar-refractivity contribution in [3.05, 3.63) is 11.1 Å². The molecule has 0 radical (unpaired) electrons. The van der Waals surface area contributed by atoms with E-state index in [9.17, 15) is 24.9 Å². The fraction of sp³-hybridized carbons (Fsp3) is 0.852. The highest BCUT2D eigenvalue weighted by Crippen LogP contribution is 2.35. The second-order valence-corrected chi connectivity index (χ2v) is 11.8. The number of carbonyl (C=O) groups excluding carboxylic acids is 2. The molecule has 0 aliphatic carbocycles. The molecule has 0 aromatic rings.